The SMILES string of the molecule is CC(C)(C)c1cc(O)cc(-c2coc(C(N)c3c(-c4ccccc4)cccc3-c3ccccc3)n2)c1. The number of aromatic hydroxyl groups is 1. The second-order valence-corrected chi connectivity index (χ2v) is 10.1. The summed E-state index contributed by atoms with van der Waals surface area (Å²) in [7, 11) is 0. The Hall–Kier alpha value is -4.15. The van der Waals surface area contributed by atoms with E-state index in [1.54, 1.807) is 18.4 Å². The molecule has 0 aliphatic rings. The topological polar surface area (TPSA) is 72.3 Å². The maximum absolute atomic E-state index is 10.4. The summed E-state index contributed by atoms with van der Waals surface area (Å²) in [4.78, 5) is 4.79. The second-order valence-electron chi connectivity index (χ2n) is 10.1. The molecule has 3 N–H and O–H groups in total. The van der Waals surface area contributed by atoms with Crippen molar-refractivity contribution in [1.82, 2.24) is 4.98 Å². The minimum atomic E-state index is -0.593. The van der Waals surface area contributed by atoms with Crippen LogP contribution in [-0.2, 0) is 5.41 Å². The molecule has 0 fully saturated rings. The highest BCUT2D eigenvalue weighted by Crippen LogP contribution is 2.39. The van der Waals surface area contributed by atoms with Gasteiger partial charge in [0.1, 0.15) is 23.7 Å². The quantitative estimate of drug-likeness (QED) is 0.273. The van der Waals surface area contributed by atoms with Gasteiger partial charge in [0.15, 0.2) is 0 Å². The smallest absolute Gasteiger partial charge is 0.216 e. The molecule has 0 spiro atoms. The van der Waals surface area contributed by atoms with Crippen LogP contribution in [-0.4, -0.2) is 10.1 Å². The largest absolute Gasteiger partial charge is 0.508 e. The Morgan fingerprint density at radius 2 is 1.33 bits per heavy atom. The van der Waals surface area contributed by atoms with Gasteiger partial charge in [-0.25, -0.2) is 4.98 Å². The van der Waals surface area contributed by atoms with Crippen molar-refractivity contribution in [2.24, 2.45) is 5.73 Å². The van der Waals surface area contributed by atoms with Crippen molar-refractivity contribution in [3.63, 3.8) is 0 Å². The number of oxazole rings is 1. The van der Waals surface area contributed by atoms with Crippen molar-refractivity contribution in [2.45, 2.75) is 32.2 Å². The third-order valence-corrected chi connectivity index (χ3v) is 6.45. The summed E-state index contributed by atoms with van der Waals surface area (Å²) in [6, 6.07) is 31.6. The summed E-state index contributed by atoms with van der Waals surface area (Å²) >= 11 is 0. The van der Waals surface area contributed by atoms with E-state index >= 15 is 0 Å². The number of phenolic OH excluding ortho intramolecular Hbond substituents is 1. The van der Waals surface area contributed by atoms with Gasteiger partial charge in [-0.3, -0.25) is 0 Å². The Labute approximate surface area is 212 Å². The first-order chi connectivity index (χ1) is 17.3. The molecule has 0 radical (unpaired) electrons. The molecule has 0 amide bonds. The van der Waals surface area contributed by atoms with Crippen LogP contribution in [0.2, 0.25) is 0 Å². The van der Waals surface area contributed by atoms with E-state index in [0.29, 0.717) is 11.6 Å². The molecule has 0 aliphatic heterocycles. The normalized spacial score (nSPS) is 12.4. The molecule has 1 heterocycles. The zero-order valence-electron chi connectivity index (χ0n) is 20.8. The molecule has 4 nitrogen and oxygen atoms in total. The summed E-state index contributed by atoms with van der Waals surface area (Å²) in [5, 5.41) is 10.4. The second kappa shape index (κ2) is 9.48. The van der Waals surface area contributed by atoms with Gasteiger partial charge in [-0.2, -0.15) is 0 Å². The highest BCUT2D eigenvalue weighted by Gasteiger charge is 2.24. The van der Waals surface area contributed by atoms with E-state index in [1.807, 2.05) is 42.5 Å². The summed E-state index contributed by atoms with van der Waals surface area (Å²) in [6.07, 6.45) is 1.61. The lowest BCUT2D eigenvalue weighted by molar-refractivity contribution is 0.471. The number of hydrogen-bond donors (Lipinski definition) is 2. The van der Waals surface area contributed by atoms with Gasteiger partial charge < -0.3 is 15.3 Å². The number of rotatable bonds is 5. The van der Waals surface area contributed by atoms with Gasteiger partial charge in [-0.1, -0.05) is 99.6 Å². The molecule has 4 aromatic carbocycles. The summed E-state index contributed by atoms with van der Waals surface area (Å²) in [6.45, 7) is 6.34. The van der Waals surface area contributed by atoms with E-state index < -0.39 is 6.04 Å². The molecule has 1 atom stereocenters. The molecule has 180 valence electrons. The van der Waals surface area contributed by atoms with Crippen LogP contribution in [0.4, 0.5) is 0 Å². The van der Waals surface area contributed by atoms with Crippen molar-refractivity contribution >= 4 is 0 Å². The molecule has 1 unspecified atom stereocenters. The Kier molecular flexibility index (Phi) is 6.21. The van der Waals surface area contributed by atoms with E-state index in [9.17, 15) is 5.11 Å². The Morgan fingerprint density at radius 3 is 1.89 bits per heavy atom. The molecular formula is C32H30N2O2. The number of hydrogen-bond acceptors (Lipinski definition) is 4. The van der Waals surface area contributed by atoms with Gasteiger partial charge in [0.05, 0.1) is 0 Å². The van der Waals surface area contributed by atoms with Gasteiger partial charge in [0.25, 0.3) is 0 Å². The van der Waals surface area contributed by atoms with Crippen molar-refractivity contribution in [2.75, 3.05) is 0 Å². The summed E-state index contributed by atoms with van der Waals surface area (Å²) < 4.78 is 5.96. The van der Waals surface area contributed by atoms with Crippen molar-refractivity contribution in [3.05, 3.63) is 120 Å². The third kappa shape index (κ3) is 4.68. The molecule has 1 aromatic heterocycles. The van der Waals surface area contributed by atoms with Crippen LogP contribution >= 0.6 is 0 Å². The molecule has 5 aromatic rings. The minimum Gasteiger partial charge on any atom is -0.508 e. The molecule has 0 aliphatic carbocycles. The fourth-order valence-corrected chi connectivity index (χ4v) is 4.52. The first-order valence-corrected chi connectivity index (χ1v) is 12.1. The van der Waals surface area contributed by atoms with E-state index in [2.05, 4.69) is 63.2 Å². The molecule has 0 bridgehead atoms. The van der Waals surface area contributed by atoms with Crippen LogP contribution < -0.4 is 5.73 Å². The minimum absolute atomic E-state index is 0.115. The molecule has 5 rings (SSSR count). The lowest BCUT2D eigenvalue weighted by atomic mass is 9.85. The summed E-state index contributed by atoms with van der Waals surface area (Å²) in [5.41, 5.74) is 14.4. The van der Waals surface area contributed by atoms with Crippen molar-refractivity contribution < 1.29 is 9.52 Å². The molecule has 4 heteroatoms. The molecular weight excluding hydrogens is 444 g/mol. The maximum atomic E-state index is 10.4. The van der Waals surface area contributed by atoms with Crippen LogP contribution in [0.1, 0.15) is 43.8 Å². The van der Waals surface area contributed by atoms with Crippen molar-refractivity contribution in [1.29, 1.82) is 0 Å². The van der Waals surface area contributed by atoms with Crippen LogP contribution in [0, 0.1) is 0 Å². The highest BCUT2D eigenvalue weighted by atomic mass is 16.3. The predicted octanol–water partition coefficient (Wildman–Crippen LogP) is 7.73. The van der Waals surface area contributed by atoms with Gasteiger partial charge in [-0.15, -0.1) is 0 Å². The Balaban J connectivity index is 1.62. The van der Waals surface area contributed by atoms with E-state index in [1.165, 1.54) is 0 Å². The Morgan fingerprint density at radius 1 is 0.750 bits per heavy atom. The maximum Gasteiger partial charge on any atom is 0.216 e. The number of aromatic nitrogens is 1. The Bertz CT molecular complexity index is 1420. The average Bonchev–Trinajstić information content (AvgIpc) is 3.39. The number of phenols is 1. The molecule has 0 saturated heterocycles. The molecule has 36 heavy (non-hydrogen) atoms. The van der Waals surface area contributed by atoms with Crippen molar-refractivity contribution in [3.8, 4) is 39.3 Å². The average molecular weight is 475 g/mol. The monoisotopic (exact) mass is 474 g/mol. The van der Waals surface area contributed by atoms with E-state index in [4.69, 9.17) is 15.1 Å². The summed E-state index contributed by atoms with van der Waals surface area (Å²) in [5.74, 6) is 0.623. The van der Waals surface area contributed by atoms with Gasteiger partial charge >= 0.3 is 0 Å². The van der Waals surface area contributed by atoms with Gasteiger partial charge in [-0.05, 0) is 57.0 Å². The lowest BCUT2D eigenvalue weighted by Crippen LogP contribution is -2.15. The number of nitrogens with zero attached hydrogens (tertiary/aromatic N) is 1. The number of nitrogens with two attached hydrogens (primary N) is 1. The van der Waals surface area contributed by atoms with Crippen LogP contribution in [0.5, 0.6) is 5.75 Å². The van der Waals surface area contributed by atoms with E-state index in [-0.39, 0.29) is 11.2 Å². The fourth-order valence-electron chi connectivity index (χ4n) is 4.52. The van der Waals surface area contributed by atoms with Gasteiger partial charge in [0, 0.05) is 5.56 Å². The zero-order valence-corrected chi connectivity index (χ0v) is 20.8. The van der Waals surface area contributed by atoms with Gasteiger partial charge in [0.2, 0.25) is 5.89 Å². The highest BCUT2D eigenvalue weighted by molar-refractivity contribution is 5.80. The fraction of sp³-hybridized carbons (Fsp3) is 0.156. The lowest BCUT2D eigenvalue weighted by Gasteiger charge is -2.20. The zero-order chi connectivity index (χ0) is 25.3. The first kappa shape index (κ1) is 23.6. The van der Waals surface area contributed by atoms with Crippen LogP contribution in [0.25, 0.3) is 33.5 Å². The standard InChI is InChI=1S/C32H30N2O2/c1-32(2,3)24-17-23(18-25(35)19-24)28-20-36-31(34-28)30(33)29-26(21-11-6-4-7-12-21)15-10-16-27(29)22-13-8-5-9-14-22/h4-20,30,35H,33H2,1-3H3. The third-order valence-electron chi connectivity index (χ3n) is 6.45. The first-order valence-electron chi connectivity index (χ1n) is 12.1. The number of benzene rings is 4. The van der Waals surface area contributed by atoms with E-state index in [0.717, 1.165) is 38.9 Å². The predicted molar refractivity (Wildman–Crippen MR) is 146 cm³/mol. The van der Waals surface area contributed by atoms with Crippen LogP contribution in [0.3, 0.4) is 0 Å². The molecule has 0 saturated carbocycles. The van der Waals surface area contributed by atoms with Crippen LogP contribution in [0.15, 0.2) is 108 Å².